The Morgan fingerprint density at radius 3 is 2.79 bits per heavy atom. The molecule has 0 saturated heterocycles. The van der Waals surface area contributed by atoms with Crippen molar-refractivity contribution in [3.8, 4) is 5.75 Å². The number of nitrogens with two attached hydrogens (primary N) is 1. The number of halogens is 2. The van der Waals surface area contributed by atoms with E-state index >= 15 is 0 Å². The van der Waals surface area contributed by atoms with Crippen LogP contribution in [0.1, 0.15) is 19.3 Å². The zero-order chi connectivity index (χ0) is 13.1. The highest BCUT2D eigenvalue weighted by atomic mass is 35.5. The predicted molar refractivity (Wildman–Crippen MR) is 79.2 cm³/mol. The van der Waals surface area contributed by atoms with E-state index < -0.39 is 0 Å². The van der Waals surface area contributed by atoms with Gasteiger partial charge in [0.2, 0.25) is 5.91 Å². The first kappa shape index (κ1) is 16.1. The number of benzene rings is 1. The Hall–Kier alpha value is -0.970. The van der Waals surface area contributed by atoms with E-state index in [9.17, 15) is 4.79 Å². The maximum atomic E-state index is 12.0. The molecule has 4 nitrogen and oxygen atoms in total. The molecule has 2 unspecified atom stereocenters. The Morgan fingerprint density at radius 2 is 2.21 bits per heavy atom. The lowest BCUT2D eigenvalue weighted by molar-refractivity contribution is -0.119. The van der Waals surface area contributed by atoms with Crippen molar-refractivity contribution in [1.29, 1.82) is 0 Å². The highest BCUT2D eigenvalue weighted by Gasteiger charge is 2.27. The maximum absolute atomic E-state index is 12.0. The highest BCUT2D eigenvalue weighted by Crippen LogP contribution is 2.29. The summed E-state index contributed by atoms with van der Waals surface area (Å²) in [4.78, 5) is 12.0. The summed E-state index contributed by atoms with van der Waals surface area (Å²) in [6.07, 6.45) is 2.54. The van der Waals surface area contributed by atoms with Crippen LogP contribution in [0.25, 0.3) is 0 Å². The van der Waals surface area contributed by atoms with Crippen molar-refractivity contribution < 1.29 is 9.53 Å². The van der Waals surface area contributed by atoms with Crippen LogP contribution in [0.5, 0.6) is 5.75 Å². The van der Waals surface area contributed by atoms with Crippen molar-refractivity contribution in [1.82, 2.24) is 0 Å². The molecule has 6 heteroatoms. The van der Waals surface area contributed by atoms with Crippen molar-refractivity contribution in [3.05, 3.63) is 23.2 Å². The van der Waals surface area contributed by atoms with Gasteiger partial charge in [0, 0.05) is 23.7 Å². The van der Waals surface area contributed by atoms with Gasteiger partial charge in [0.25, 0.3) is 0 Å². The van der Waals surface area contributed by atoms with E-state index in [0.717, 1.165) is 19.3 Å². The first-order chi connectivity index (χ1) is 8.60. The summed E-state index contributed by atoms with van der Waals surface area (Å²) in [7, 11) is 1.54. The average Bonchev–Trinajstić information content (AvgIpc) is 2.78. The van der Waals surface area contributed by atoms with E-state index in [2.05, 4.69) is 5.32 Å². The lowest BCUT2D eigenvalue weighted by atomic mass is 10.1. The minimum absolute atomic E-state index is 0. The SMILES string of the molecule is COc1cc(NC(=O)C2CCC(N)C2)ccc1Cl.Cl. The van der Waals surface area contributed by atoms with Crippen LogP contribution in [0.15, 0.2) is 18.2 Å². The number of anilines is 1. The fraction of sp³-hybridized carbons (Fsp3) is 0.462. The molecule has 2 atom stereocenters. The van der Waals surface area contributed by atoms with Crippen LogP contribution >= 0.6 is 24.0 Å². The summed E-state index contributed by atoms with van der Waals surface area (Å²) < 4.78 is 5.11. The number of carbonyl (C=O) groups is 1. The van der Waals surface area contributed by atoms with Gasteiger partial charge < -0.3 is 15.8 Å². The minimum Gasteiger partial charge on any atom is -0.495 e. The van der Waals surface area contributed by atoms with Gasteiger partial charge in [-0.3, -0.25) is 4.79 Å². The summed E-state index contributed by atoms with van der Waals surface area (Å²) in [6, 6.07) is 5.34. The molecule has 1 aromatic rings. The second-order valence-electron chi connectivity index (χ2n) is 4.61. The molecule has 19 heavy (non-hydrogen) atoms. The van der Waals surface area contributed by atoms with Gasteiger partial charge in [-0.1, -0.05) is 11.6 Å². The fourth-order valence-electron chi connectivity index (χ4n) is 2.24. The number of carbonyl (C=O) groups excluding carboxylic acids is 1. The van der Waals surface area contributed by atoms with Gasteiger partial charge in [0.05, 0.1) is 12.1 Å². The van der Waals surface area contributed by atoms with Crippen LogP contribution in [0.2, 0.25) is 5.02 Å². The van der Waals surface area contributed by atoms with E-state index in [1.165, 1.54) is 0 Å². The minimum atomic E-state index is 0. The molecule has 1 aliphatic carbocycles. The van der Waals surface area contributed by atoms with Gasteiger partial charge in [-0.2, -0.15) is 0 Å². The van der Waals surface area contributed by atoms with Crippen LogP contribution in [0.4, 0.5) is 5.69 Å². The molecule has 0 spiro atoms. The molecule has 0 aromatic heterocycles. The predicted octanol–water partition coefficient (Wildman–Crippen LogP) is 2.84. The van der Waals surface area contributed by atoms with E-state index in [1.54, 1.807) is 25.3 Å². The Labute approximate surface area is 124 Å². The molecular weight excluding hydrogens is 287 g/mol. The van der Waals surface area contributed by atoms with Gasteiger partial charge in [0.1, 0.15) is 5.75 Å². The molecule has 3 N–H and O–H groups in total. The molecule has 2 rings (SSSR count). The first-order valence-electron chi connectivity index (χ1n) is 6.00. The Kier molecular flexibility index (Phi) is 5.91. The number of amides is 1. The summed E-state index contributed by atoms with van der Waals surface area (Å²) in [5.74, 6) is 0.589. The van der Waals surface area contributed by atoms with Crippen molar-refractivity contribution in [3.63, 3.8) is 0 Å². The summed E-state index contributed by atoms with van der Waals surface area (Å²) in [6.45, 7) is 0. The second-order valence-corrected chi connectivity index (χ2v) is 5.02. The normalized spacial score (nSPS) is 21.6. The van der Waals surface area contributed by atoms with E-state index in [-0.39, 0.29) is 30.3 Å². The van der Waals surface area contributed by atoms with E-state index in [4.69, 9.17) is 22.1 Å². The van der Waals surface area contributed by atoms with Gasteiger partial charge >= 0.3 is 0 Å². The fourth-order valence-corrected chi connectivity index (χ4v) is 2.43. The molecular formula is C13H18Cl2N2O2. The summed E-state index contributed by atoms with van der Waals surface area (Å²) in [5.41, 5.74) is 6.50. The van der Waals surface area contributed by atoms with Crippen LogP contribution in [0.3, 0.4) is 0 Å². The van der Waals surface area contributed by atoms with Crippen molar-refractivity contribution in [2.24, 2.45) is 11.7 Å². The number of hydrogen-bond acceptors (Lipinski definition) is 3. The molecule has 0 radical (unpaired) electrons. The lowest BCUT2D eigenvalue weighted by Crippen LogP contribution is -2.23. The smallest absolute Gasteiger partial charge is 0.227 e. The molecule has 1 fully saturated rings. The third-order valence-corrected chi connectivity index (χ3v) is 3.57. The molecule has 106 valence electrons. The third-order valence-electron chi connectivity index (χ3n) is 3.26. The quantitative estimate of drug-likeness (QED) is 0.902. The van der Waals surface area contributed by atoms with Crippen LogP contribution in [-0.2, 0) is 4.79 Å². The van der Waals surface area contributed by atoms with E-state index in [0.29, 0.717) is 16.5 Å². The van der Waals surface area contributed by atoms with Crippen LogP contribution in [-0.4, -0.2) is 19.1 Å². The molecule has 0 bridgehead atoms. The van der Waals surface area contributed by atoms with Crippen molar-refractivity contribution in [2.45, 2.75) is 25.3 Å². The van der Waals surface area contributed by atoms with Gasteiger partial charge in [-0.05, 0) is 31.4 Å². The first-order valence-corrected chi connectivity index (χ1v) is 6.38. The standard InChI is InChI=1S/C13H17ClN2O2.ClH/c1-18-12-7-10(4-5-11(12)14)16-13(17)8-2-3-9(15)6-8;/h4-5,7-9H,2-3,6,15H2,1H3,(H,16,17);1H. The molecule has 0 aliphatic heterocycles. The lowest BCUT2D eigenvalue weighted by Gasteiger charge is -2.12. The number of ether oxygens (including phenoxy) is 1. The Balaban J connectivity index is 0.00000180. The summed E-state index contributed by atoms with van der Waals surface area (Å²) in [5, 5.41) is 3.40. The van der Waals surface area contributed by atoms with Crippen molar-refractivity contribution >= 4 is 35.6 Å². The molecule has 1 aromatic carbocycles. The number of methoxy groups -OCH3 is 1. The topological polar surface area (TPSA) is 64.3 Å². The summed E-state index contributed by atoms with van der Waals surface area (Å²) >= 11 is 5.92. The third kappa shape index (κ3) is 4.00. The molecule has 0 heterocycles. The van der Waals surface area contributed by atoms with Crippen LogP contribution in [0, 0.1) is 5.92 Å². The van der Waals surface area contributed by atoms with Gasteiger partial charge in [-0.15, -0.1) is 12.4 Å². The van der Waals surface area contributed by atoms with Gasteiger partial charge in [0.15, 0.2) is 0 Å². The Bertz CT molecular complexity index is 454. The largest absolute Gasteiger partial charge is 0.495 e. The average molecular weight is 305 g/mol. The van der Waals surface area contributed by atoms with E-state index in [1.807, 2.05) is 0 Å². The monoisotopic (exact) mass is 304 g/mol. The van der Waals surface area contributed by atoms with Gasteiger partial charge in [-0.25, -0.2) is 0 Å². The van der Waals surface area contributed by atoms with Crippen molar-refractivity contribution in [2.75, 3.05) is 12.4 Å². The molecule has 1 saturated carbocycles. The second kappa shape index (κ2) is 6.98. The number of rotatable bonds is 3. The zero-order valence-corrected chi connectivity index (χ0v) is 12.3. The number of hydrogen-bond donors (Lipinski definition) is 2. The molecule has 1 amide bonds. The maximum Gasteiger partial charge on any atom is 0.227 e. The number of nitrogens with one attached hydrogen (secondary N) is 1. The van der Waals surface area contributed by atoms with Crippen LogP contribution < -0.4 is 15.8 Å². The highest BCUT2D eigenvalue weighted by molar-refractivity contribution is 6.32. The Morgan fingerprint density at radius 1 is 1.47 bits per heavy atom. The molecule has 1 aliphatic rings. The zero-order valence-electron chi connectivity index (χ0n) is 10.7.